The monoisotopic (exact) mass is 994 g/mol. The number of para-hydroxylation sites is 3. The van der Waals surface area contributed by atoms with Gasteiger partial charge in [0, 0.05) is 38.9 Å². The molecule has 4 heterocycles. The van der Waals surface area contributed by atoms with Crippen molar-refractivity contribution in [3.05, 3.63) is 300 Å². The van der Waals surface area contributed by atoms with Crippen molar-refractivity contribution < 1.29 is 9.47 Å². The first kappa shape index (κ1) is 43.0. The van der Waals surface area contributed by atoms with Gasteiger partial charge in [0.1, 0.15) is 23.0 Å². The molecule has 0 radical (unpaired) electrons. The fourth-order valence-corrected chi connectivity index (χ4v) is 13.6. The van der Waals surface area contributed by atoms with E-state index in [9.17, 15) is 0 Å². The van der Waals surface area contributed by atoms with Gasteiger partial charge in [0.05, 0.1) is 56.7 Å². The summed E-state index contributed by atoms with van der Waals surface area (Å²) >= 11 is 0. The molecule has 2 aliphatic carbocycles. The van der Waals surface area contributed by atoms with Crippen LogP contribution in [0.15, 0.2) is 255 Å². The van der Waals surface area contributed by atoms with Gasteiger partial charge in [0.15, 0.2) is 0 Å². The molecule has 0 bridgehead atoms. The highest BCUT2D eigenvalue weighted by atomic mass is 16.5. The number of hydrogen-bond donors (Lipinski definition) is 0. The molecule has 1 atom stereocenters. The van der Waals surface area contributed by atoms with Crippen LogP contribution in [0.4, 0.5) is 0 Å². The van der Waals surface area contributed by atoms with Gasteiger partial charge in [0.25, 0.3) is 0 Å². The van der Waals surface area contributed by atoms with E-state index < -0.39 is 10.8 Å². The molecule has 1 unspecified atom stereocenters. The Labute approximate surface area is 449 Å². The second-order valence-corrected chi connectivity index (χ2v) is 20.8. The van der Waals surface area contributed by atoms with E-state index in [0.29, 0.717) is 0 Å². The van der Waals surface area contributed by atoms with Gasteiger partial charge in [-0.15, -0.1) is 0 Å². The predicted octanol–water partition coefficient (Wildman–Crippen LogP) is 17.2. The first-order valence-electron chi connectivity index (χ1n) is 26.5. The van der Waals surface area contributed by atoms with Crippen LogP contribution in [0, 0.1) is 0 Å². The highest BCUT2D eigenvalue weighted by molar-refractivity contribution is 5.95. The lowest BCUT2D eigenvalue weighted by molar-refractivity contribution is 0.436. The van der Waals surface area contributed by atoms with Crippen LogP contribution in [0.5, 0.6) is 23.0 Å². The molecule has 4 aliphatic rings. The zero-order chi connectivity index (χ0) is 51.1. The van der Waals surface area contributed by atoms with Crippen LogP contribution >= 0.6 is 0 Å². The molecule has 2 aliphatic heterocycles. The minimum Gasteiger partial charge on any atom is -0.457 e. The summed E-state index contributed by atoms with van der Waals surface area (Å²) in [5, 5.41) is 0. The molecule has 11 aromatic carbocycles. The Morgan fingerprint density at radius 1 is 0.256 bits per heavy atom. The summed E-state index contributed by atoms with van der Waals surface area (Å²) in [5.74, 6) is 3.36. The van der Waals surface area contributed by atoms with E-state index in [1.165, 1.54) is 44.5 Å². The molecular weight excluding hydrogens is 953 g/mol. The summed E-state index contributed by atoms with van der Waals surface area (Å²) in [6.45, 7) is 0. The molecule has 0 amide bonds. The van der Waals surface area contributed by atoms with Crippen LogP contribution in [-0.2, 0) is 10.8 Å². The Hall–Kier alpha value is -10.3. The first-order valence-corrected chi connectivity index (χ1v) is 26.5. The smallest absolute Gasteiger partial charge is 0.132 e. The number of fused-ring (bicyclic) bond motifs is 20. The average molecular weight is 995 g/mol. The molecule has 6 heteroatoms. The van der Waals surface area contributed by atoms with Crippen LogP contribution in [0.1, 0.15) is 44.5 Å². The van der Waals surface area contributed by atoms with Gasteiger partial charge >= 0.3 is 0 Å². The Balaban J connectivity index is 0.781. The van der Waals surface area contributed by atoms with Gasteiger partial charge in [-0.3, -0.25) is 9.97 Å². The molecule has 362 valence electrons. The van der Waals surface area contributed by atoms with Crippen molar-refractivity contribution in [3.63, 3.8) is 0 Å². The number of aromatic nitrogens is 4. The topological polar surface area (TPSA) is 70.0 Å². The van der Waals surface area contributed by atoms with Crippen molar-refractivity contribution in [1.29, 1.82) is 0 Å². The fraction of sp³-hybridized carbons (Fsp3) is 0.0278. The minimum atomic E-state index is -0.707. The Bertz CT molecular complexity index is 4670. The molecular formula is C72H42N4O2. The molecule has 0 fully saturated rings. The summed E-state index contributed by atoms with van der Waals surface area (Å²) in [7, 11) is 0. The zero-order valence-corrected chi connectivity index (χ0v) is 41.9. The normalized spacial score (nSPS) is 15.3. The molecule has 2 aromatic heterocycles. The lowest BCUT2D eigenvalue weighted by Crippen LogP contribution is -2.32. The van der Waals surface area contributed by atoms with E-state index in [1.54, 1.807) is 0 Å². The van der Waals surface area contributed by atoms with E-state index in [0.717, 1.165) is 112 Å². The number of ether oxygens (including phenoxy) is 2. The molecule has 13 aromatic rings. The van der Waals surface area contributed by atoms with Crippen LogP contribution in [0.3, 0.4) is 0 Å². The van der Waals surface area contributed by atoms with Crippen molar-refractivity contribution in [2.45, 2.75) is 10.8 Å². The number of nitrogens with zero attached hydrogens (tertiary/aromatic N) is 4. The highest BCUT2D eigenvalue weighted by Gasteiger charge is 2.53. The van der Waals surface area contributed by atoms with Crippen LogP contribution in [0.25, 0.3) is 89.1 Å². The van der Waals surface area contributed by atoms with Gasteiger partial charge < -0.3 is 9.47 Å². The van der Waals surface area contributed by atoms with E-state index in [2.05, 4.69) is 231 Å². The highest BCUT2D eigenvalue weighted by Crippen LogP contribution is 2.64. The standard InChI is InChI=1S/C72H42N4O2/c1-2-15-43(16-3-1)48-20-14-26-62-70(48)74-42-65(76-62)47-32-36-69-60(39-47)72(57-25-11-13-28-67(57)78-69)55-23-9-6-19-51(55)52-33-29-44(37-58(52)72)45-30-34-61-63(40-45)73-41-64(75-61)46-31-35-68-59(38-46)71(56-24-10-12-27-66(56)77-68)53-21-7-4-17-49(53)50-18-5-8-22-54(50)71/h1-42H. The van der Waals surface area contributed by atoms with Crippen LogP contribution in [-0.4, -0.2) is 19.9 Å². The largest absolute Gasteiger partial charge is 0.457 e. The summed E-state index contributed by atoms with van der Waals surface area (Å²) in [6, 6.07) is 86.5. The molecule has 0 saturated heterocycles. The van der Waals surface area contributed by atoms with E-state index >= 15 is 0 Å². The number of benzene rings is 11. The maximum absolute atomic E-state index is 6.86. The van der Waals surface area contributed by atoms with E-state index in [1.807, 2.05) is 24.5 Å². The lowest BCUT2D eigenvalue weighted by Gasteiger charge is -2.39. The maximum Gasteiger partial charge on any atom is 0.132 e. The van der Waals surface area contributed by atoms with Gasteiger partial charge in [-0.2, -0.15) is 0 Å². The zero-order valence-electron chi connectivity index (χ0n) is 41.9. The summed E-state index contributed by atoms with van der Waals surface area (Å²) in [6.07, 6.45) is 3.82. The minimum absolute atomic E-state index is 0.570. The third kappa shape index (κ3) is 5.86. The van der Waals surface area contributed by atoms with Crippen molar-refractivity contribution in [3.8, 4) is 90.0 Å². The molecule has 2 spiro atoms. The SMILES string of the molecule is c1ccc(-c2cccc3nc(-c4ccc5c(c4)C4(c6ccccc6O5)c5ccccc5-c5ccc(-c6ccc7nc(-c8ccc9c(c8)C8(c%10ccccc%10O9)c9ccccc9-c9ccccc98)cnc7c6)cc54)cnc23)cc1. The van der Waals surface area contributed by atoms with Crippen molar-refractivity contribution in [2.24, 2.45) is 0 Å². The van der Waals surface area contributed by atoms with E-state index in [4.69, 9.17) is 29.4 Å². The van der Waals surface area contributed by atoms with Crippen molar-refractivity contribution >= 4 is 22.1 Å². The van der Waals surface area contributed by atoms with E-state index in [-0.39, 0.29) is 0 Å². The van der Waals surface area contributed by atoms with Crippen LogP contribution in [0.2, 0.25) is 0 Å². The molecule has 0 N–H and O–H groups in total. The number of rotatable bonds is 4. The third-order valence-corrected chi connectivity index (χ3v) is 16.9. The van der Waals surface area contributed by atoms with Crippen LogP contribution < -0.4 is 9.47 Å². The summed E-state index contributed by atoms with van der Waals surface area (Å²) < 4.78 is 13.6. The average Bonchev–Trinajstić information content (AvgIpc) is 3.62. The van der Waals surface area contributed by atoms with Crippen molar-refractivity contribution in [2.75, 3.05) is 0 Å². The van der Waals surface area contributed by atoms with Gasteiger partial charge in [-0.05, 0) is 134 Å². The van der Waals surface area contributed by atoms with Gasteiger partial charge in [-0.25, -0.2) is 9.97 Å². The van der Waals surface area contributed by atoms with Gasteiger partial charge in [-0.1, -0.05) is 170 Å². The summed E-state index contributed by atoms with van der Waals surface area (Å²) in [4.78, 5) is 20.8. The first-order chi connectivity index (χ1) is 38.6. The second-order valence-electron chi connectivity index (χ2n) is 20.8. The lowest BCUT2D eigenvalue weighted by atomic mass is 9.65. The molecule has 78 heavy (non-hydrogen) atoms. The molecule has 0 saturated carbocycles. The summed E-state index contributed by atoms with van der Waals surface area (Å²) in [5.41, 5.74) is 24.1. The molecule has 6 nitrogen and oxygen atoms in total. The second kappa shape index (κ2) is 16.1. The van der Waals surface area contributed by atoms with Crippen molar-refractivity contribution in [1.82, 2.24) is 19.9 Å². The maximum atomic E-state index is 6.86. The van der Waals surface area contributed by atoms with Gasteiger partial charge in [0.2, 0.25) is 0 Å². The Morgan fingerprint density at radius 3 is 1.33 bits per heavy atom. The predicted molar refractivity (Wildman–Crippen MR) is 309 cm³/mol. The Morgan fingerprint density at radius 2 is 0.705 bits per heavy atom. The Kier molecular flexibility index (Phi) is 8.88. The fourth-order valence-electron chi connectivity index (χ4n) is 13.6. The number of hydrogen-bond acceptors (Lipinski definition) is 6. The quantitative estimate of drug-likeness (QED) is 0.175. The molecule has 17 rings (SSSR count). The third-order valence-electron chi connectivity index (χ3n) is 16.9.